The molecule has 2 aromatic heterocycles. The number of anilines is 1. The van der Waals surface area contributed by atoms with Gasteiger partial charge < -0.3 is 31.2 Å². The number of oxime groups is 1. The van der Waals surface area contributed by atoms with Crippen LogP contribution in [0.2, 0.25) is 0 Å². The van der Waals surface area contributed by atoms with Gasteiger partial charge in [0.2, 0.25) is 17.4 Å². The first-order valence-corrected chi connectivity index (χ1v) is 15.3. The van der Waals surface area contributed by atoms with Crippen molar-refractivity contribution in [1.82, 2.24) is 23.9 Å². The monoisotopic (exact) mass is 627 g/mol. The van der Waals surface area contributed by atoms with Crippen molar-refractivity contribution in [1.29, 1.82) is 0 Å². The van der Waals surface area contributed by atoms with Gasteiger partial charge in [-0.15, -0.1) is 23.5 Å². The number of carboxylic acid groups (broad SMARTS) is 2. The molecule has 0 radical (unpaired) electrons. The van der Waals surface area contributed by atoms with E-state index in [0.717, 1.165) is 65.4 Å². The molecular weight excluding hydrogens is 607 g/mol. The van der Waals surface area contributed by atoms with Crippen LogP contribution in [0.25, 0.3) is 0 Å². The van der Waals surface area contributed by atoms with E-state index in [4.69, 9.17) is 10.6 Å². The number of carboxylic acids is 2. The number of aromatic nitrogens is 3. The maximum Gasteiger partial charge on any atom is 0.352 e. The SMILES string of the molecule is Nc1nc(C(=NOC2CCCC2)C(=O)NC2C(=O)N3C(C(=O)O)=C(CSc4snc(O)c4C(=O)O)CS[C@@H]23)ns1. The molecule has 2 aromatic rings. The first-order chi connectivity index (χ1) is 19.2. The predicted molar refractivity (Wildman–Crippen MR) is 145 cm³/mol. The molecule has 40 heavy (non-hydrogen) atoms. The molecule has 0 spiro atoms. The number of amides is 2. The van der Waals surface area contributed by atoms with E-state index in [1.807, 2.05) is 0 Å². The van der Waals surface area contributed by atoms with Gasteiger partial charge in [-0.1, -0.05) is 5.16 Å². The minimum Gasteiger partial charge on any atom is -0.492 e. The van der Waals surface area contributed by atoms with E-state index in [1.54, 1.807) is 0 Å². The number of aliphatic carboxylic acids is 1. The summed E-state index contributed by atoms with van der Waals surface area (Å²) in [6.45, 7) is 0. The van der Waals surface area contributed by atoms with Gasteiger partial charge in [0.05, 0.1) is 4.21 Å². The zero-order valence-electron chi connectivity index (χ0n) is 20.3. The van der Waals surface area contributed by atoms with Crippen LogP contribution in [0, 0.1) is 0 Å². The normalized spacial score (nSPS) is 21.2. The third kappa shape index (κ3) is 5.45. The molecule has 1 saturated heterocycles. The molecule has 19 heteroatoms. The van der Waals surface area contributed by atoms with Crippen molar-refractivity contribution in [3.8, 4) is 5.88 Å². The van der Waals surface area contributed by atoms with Crippen LogP contribution in [0.15, 0.2) is 20.6 Å². The molecule has 5 rings (SSSR count). The molecule has 2 fully saturated rings. The minimum atomic E-state index is -1.36. The molecule has 1 saturated carbocycles. The number of nitrogens with two attached hydrogens (primary N) is 1. The number of rotatable bonds is 10. The standard InChI is InChI=1S/C21H21N7O8S4/c22-21-24-13(26-40-21)10(25-36-8-3-1-2-4-8)15(30)23-11-16(31)28-12(19(34)35)7(5-37-17(11)28)6-38-20-9(18(32)33)14(29)27-39-20/h8,11,17H,1-6H2,(H,23,30)(H,27,29)(H,32,33)(H,34,35)(H2,22,24,26)/t11?,17-/m0/s1. The van der Waals surface area contributed by atoms with E-state index in [-0.39, 0.29) is 49.7 Å². The lowest BCUT2D eigenvalue weighted by atomic mass is 10.0. The highest BCUT2D eigenvalue weighted by atomic mass is 32.2. The average Bonchev–Trinajstić information content (AvgIpc) is 3.67. The fourth-order valence-electron chi connectivity index (χ4n) is 4.34. The molecule has 212 valence electrons. The van der Waals surface area contributed by atoms with E-state index in [2.05, 4.69) is 24.2 Å². The number of aromatic carboxylic acids is 1. The number of carbonyl (C=O) groups excluding carboxylic acids is 2. The highest BCUT2D eigenvalue weighted by Gasteiger charge is 2.54. The first kappa shape index (κ1) is 28.1. The van der Waals surface area contributed by atoms with Crippen molar-refractivity contribution in [3.05, 3.63) is 22.7 Å². The van der Waals surface area contributed by atoms with Crippen molar-refractivity contribution in [3.63, 3.8) is 0 Å². The van der Waals surface area contributed by atoms with Gasteiger partial charge in [0, 0.05) is 23.0 Å². The maximum absolute atomic E-state index is 13.2. The van der Waals surface area contributed by atoms with Crippen LogP contribution in [-0.4, -0.2) is 92.4 Å². The second kappa shape index (κ2) is 11.6. The van der Waals surface area contributed by atoms with Crippen LogP contribution in [-0.2, 0) is 19.2 Å². The Kier molecular flexibility index (Phi) is 8.15. The average molecular weight is 628 g/mol. The fourth-order valence-corrected chi connectivity index (χ4v) is 8.15. The molecule has 2 aliphatic heterocycles. The quantitative estimate of drug-likeness (QED) is 0.108. The van der Waals surface area contributed by atoms with Gasteiger partial charge >= 0.3 is 11.9 Å². The molecule has 4 heterocycles. The number of thioether (sulfide) groups is 2. The topological polar surface area (TPSA) is 231 Å². The van der Waals surface area contributed by atoms with Gasteiger partial charge in [0.25, 0.3) is 11.8 Å². The third-order valence-corrected chi connectivity index (χ3v) is 10.3. The number of hydrogen-bond acceptors (Lipinski definition) is 15. The molecule has 0 aromatic carbocycles. The van der Waals surface area contributed by atoms with Crippen LogP contribution < -0.4 is 11.1 Å². The summed E-state index contributed by atoms with van der Waals surface area (Å²) in [6, 6.07) is -1.04. The third-order valence-electron chi connectivity index (χ3n) is 6.23. The van der Waals surface area contributed by atoms with Crippen molar-refractivity contribution >= 4 is 81.2 Å². The van der Waals surface area contributed by atoms with Crippen molar-refractivity contribution in [2.24, 2.45) is 5.16 Å². The van der Waals surface area contributed by atoms with E-state index < -0.39 is 41.0 Å². The summed E-state index contributed by atoms with van der Waals surface area (Å²) >= 11 is 3.91. The molecule has 1 aliphatic carbocycles. The Morgan fingerprint density at radius 3 is 2.58 bits per heavy atom. The van der Waals surface area contributed by atoms with E-state index in [0.29, 0.717) is 5.57 Å². The predicted octanol–water partition coefficient (Wildman–Crippen LogP) is 1.17. The highest BCUT2D eigenvalue weighted by Crippen LogP contribution is 2.43. The summed E-state index contributed by atoms with van der Waals surface area (Å²) in [5.74, 6) is -4.49. The summed E-state index contributed by atoms with van der Waals surface area (Å²) in [6.07, 6.45) is 3.43. The Morgan fingerprint density at radius 1 is 1.18 bits per heavy atom. The molecular formula is C21H21N7O8S4. The Morgan fingerprint density at radius 2 is 1.93 bits per heavy atom. The molecule has 1 unspecified atom stereocenters. The Balaban J connectivity index is 1.31. The van der Waals surface area contributed by atoms with Crippen LogP contribution in [0.3, 0.4) is 0 Å². The second-order valence-corrected chi connectivity index (χ2v) is 12.7. The summed E-state index contributed by atoms with van der Waals surface area (Å²) in [5, 5.41) is 34.9. The number of carbonyl (C=O) groups is 4. The van der Waals surface area contributed by atoms with Gasteiger partial charge in [0.1, 0.15) is 28.8 Å². The fraction of sp³-hybridized carbons (Fsp3) is 0.429. The summed E-state index contributed by atoms with van der Waals surface area (Å²) in [5.41, 5.74) is 5.23. The number of nitrogens with zero attached hydrogens (tertiary/aromatic N) is 5. The van der Waals surface area contributed by atoms with Gasteiger partial charge in [-0.05, 0) is 42.8 Å². The van der Waals surface area contributed by atoms with Gasteiger partial charge in [0.15, 0.2) is 5.13 Å². The van der Waals surface area contributed by atoms with E-state index >= 15 is 0 Å². The smallest absolute Gasteiger partial charge is 0.352 e. The number of nitrogen functional groups attached to an aromatic ring is 1. The summed E-state index contributed by atoms with van der Waals surface area (Å²) in [7, 11) is 0. The van der Waals surface area contributed by atoms with E-state index in [9.17, 15) is 34.5 Å². The van der Waals surface area contributed by atoms with Crippen LogP contribution in [0.1, 0.15) is 41.9 Å². The lowest BCUT2D eigenvalue weighted by Crippen LogP contribution is -2.71. The Labute approximate surface area is 242 Å². The minimum absolute atomic E-state index is 0.0433. The molecule has 2 amide bonds. The lowest BCUT2D eigenvalue weighted by molar-refractivity contribution is -0.150. The van der Waals surface area contributed by atoms with Gasteiger partial charge in [-0.25, -0.2) is 9.59 Å². The zero-order valence-corrected chi connectivity index (χ0v) is 23.6. The van der Waals surface area contributed by atoms with Crippen molar-refractivity contribution in [2.45, 2.75) is 47.4 Å². The Hall–Kier alpha value is -3.42. The number of hydrogen-bond donors (Lipinski definition) is 5. The zero-order chi connectivity index (χ0) is 28.6. The molecule has 3 aliphatic rings. The first-order valence-electron chi connectivity index (χ1n) is 11.7. The van der Waals surface area contributed by atoms with Gasteiger partial charge in [-0.2, -0.15) is 13.7 Å². The number of β-lactam (4-membered cyclic amide) rings is 1. The highest BCUT2D eigenvalue weighted by molar-refractivity contribution is 8.02. The number of fused-ring (bicyclic) bond motifs is 1. The van der Waals surface area contributed by atoms with Crippen molar-refractivity contribution < 1.29 is 39.3 Å². The van der Waals surface area contributed by atoms with Crippen LogP contribution in [0.4, 0.5) is 5.13 Å². The van der Waals surface area contributed by atoms with Crippen molar-refractivity contribution in [2.75, 3.05) is 17.2 Å². The van der Waals surface area contributed by atoms with Crippen LogP contribution >= 0.6 is 46.6 Å². The summed E-state index contributed by atoms with van der Waals surface area (Å²) in [4.78, 5) is 60.5. The Bertz CT molecular complexity index is 1430. The second-order valence-electron chi connectivity index (χ2n) is 8.79. The van der Waals surface area contributed by atoms with Gasteiger partial charge in [-0.3, -0.25) is 14.5 Å². The largest absolute Gasteiger partial charge is 0.492 e. The maximum atomic E-state index is 13.2. The number of aromatic hydroxyl groups is 1. The molecule has 6 N–H and O–H groups in total. The van der Waals surface area contributed by atoms with Crippen LogP contribution in [0.5, 0.6) is 5.88 Å². The lowest BCUT2D eigenvalue weighted by Gasteiger charge is -2.49. The number of nitrogens with one attached hydrogen (secondary N) is 1. The molecule has 15 nitrogen and oxygen atoms in total. The summed E-state index contributed by atoms with van der Waals surface area (Å²) < 4.78 is 7.87. The molecule has 0 bridgehead atoms. The van der Waals surface area contributed by atoms with E-state index in [1.165, 1.54) is 11.8 Å². The molecule has 2 atom stereocenters.